The van der Waals surface area contributed by atoms with Crippen LogP contribution in [0.15, 0.2) is 279 Å². The maximum absolute atomic E-state index is 13.1. The predicted molar refractivity (Wildman–Crippen MR) is 525 cm³/mol. The summed E-state index contributed by atoms with van der Waals surface area (Å²) in [5.74, 6) is 5.36. The normalized spacial score (nSPS) is 11.2. The van der Waals surface area contributed by atoms with E-state index in [1.165, 1.54) is 82.7 Å². The van der Waals surface area contributed by atoms with E-state index in [9.17, 15) is 41.5 Å². The van der Waals surface area contributed by atoms with Gasteiger partial charge in [0.15, 0.2) is 29.1 Å². The number of hydrogen-bond acceptors (Lipinski definition) is 22. The van der Waals surface area contributed by atoms with Crippen molar-refractivity contribution in [3.8, 4) is 68.4 Å². The highest BCUT2D eigenvalue weighted by atomic mass is 35.5. The van der Waals surface area contributed by atoms with Crippen LogP contribution in [0.25, 0.3) is 85.8 Å². The lowest BCUT2D eigenvalue weighted by Crippen LogP contribution is -2.17. The zero-order valence-corrected chi connectivity index (χ0v) is 77.1. The SMILES string of the molecule is COc1ccc(-c2nc3nc(CNc4cc(Cl)ccc4C)cc(=O)n3[nH]2)cc1.COc1ccccc1NCc1cc(=O)n2[nH]c(-c3ccccc3)nc2n1.Cc1ccc(-c2nc3nc(CNc4cc(Cl)ccc4C)cc(=O)n3[nH]2)cc1.Cc1ccc(-c2nc3nc(CNc4cccc(C(F)(F)F)c4)cc(=O)n3[nH]2)cc1C.Cc1ccc(NCc2cc(=O)n3[nH]c(-c4ccc(F)cc4)nc3n2)c(C)c1. The monoisotopic (exact) mass is 1900 g/mol. The Bertz CT molecular complexity index is 8160. The molecular formula is C100H89Cl2F4N25O7. The molecule has 38 heteroatoms. The van der Waals surface area contributed by atoms with Crippen LogP contribution in [-0.2, 0) is 38.9 Å². The van der Waals surface area contributed by atoms with Crippen molar-refractivity contribution < 1.29 is 27.0 Å². The van der Waals surface area contributed by atoms with E-state index in [0.29, 0.717) is 117 Å². The molecule has 20 rings (SSSR count). The number of aromatic nitrogens is 20. The molecule has 0 atom stereocenters. The van der Waals surface area contributed by atoms with Crippen molar-refractivity contribution in [2.75, 3.05) is 40.8 Å². The molecule has 0 bridgehead atoms. The van der Waals surface area contributed by atoms with Gasteiger partial charge >= 0.3 is 6.18 Å². The van der Waals surface area contributed by atoms with Gasteiger partial charge in [-0.05, 0) is 192 Å². The second-order valence-electron chi connectivity index (χ2n) is 32.0. The minimum absolute atomic E-state index is 0.0822. The topological polar surface area (TPSA) is 394 Å². The minimum Gasteiger partial charge on any atom is -0.497 e. The molecule has 32 nitrogen and oxygen atoms in total. The van der Waals surface area contributed by atoms with Crippen molar-refractivity contribution in [3.05, 3.63) is 395 Å². The maximum atomic E-state index is 13.1. The number of anilines is 5. The molecule has 0 aliphatic heterocycles. The Labute approximate surface area is 793 Å². The number of para-hydroxylation sites is 2. The molecular weight excluding hydrogens is 1810 g/mol. The minimum atomic E-state index is -4.42. The van der Waals surface area contributed by atoms with Crippen LogP contribution in [0.5, 0.6) is 11.5 Å². The molecule has 138 heavy (non-hydrogen) atoms. The smallest absolute Gasteiger partial charge is 0.416 e. The number of nitrogens with zero attached hydrogens (tertiary/aromatic N) is 15. The second kappa shape index (κ2) is 41.6. The van der Waals surface area contributed by atoms with Gasteiger partial charge < -0.3 is 36.1 Å². The van der Waals surface area contributed by atoms with Crippen molar-refractivity contribution >= 4 is 80.5 Å². The maximum Gasteiger partial charge on any atom is 0.416 e. The summed E-state index contributed by atoms with van der Waals surface area (Å²) >= 11 is 12.1. The molecule has 0 saturated heterocycles. The fourth-order valence-corrected chi connectivity index (χ4v) is 14.7. The summed E-state index contributed by atoms with van der Waals surface area (Å²) in [6.45, 7) is 15.7. The van der Waals surface area contributed by atoms with Crippen molar-refractivity contribution in [3.63, 3.8) is 0 Å². The van der Waals surface area contributed by atoms with Crippen LogP contribution >= 0.6 is 23.2 Å². The third-order valence-electron chi connectivity index (χ3n) is 21.9. The molecule has 0 unspecified atom stereocenters. The quantitative estimate of drug-likeness (QED) is 0.0282. The Morgan fingerprint density at radius 2 is 0.681 bits per heavy atom. The fraction of sp³-hybridized carbons (Fsp3) is 0.150. The van der Waals surface area contributed by atoms with Gasteiger partial charge in [0.2, 0.25) is 0 Å². The van der Waals surface area contributed by atoms with E-state index in [4.69, 9.17) is 32.7 Å². The van der Waals surface area contributed by atoms with E-state index in [0.717, 1.165) is 102 Å². The van der Waals surface area contributed by atoms with Gasteiger partial charge in [0.25, 0.3) is 56.7 Å². The van der Waals surface area contributed by atoms with Crippen LogP contribution in [0.3, 0.4) is 0 Å². The number of aromatic amines is 5. The van der Waals surface area contributed by atoms with Gasteiger partial charge in [-0.2, -0.15) is 60.7 Å². The van der Waals surface area contributed by atoms with Crippen LogP contribution in [0.1, 0.15) is 73.0 Å². The molecule has 0 fully saturated rings. The lowest BCUT2D eigenvalue weighted by atomic mass is 10.1. The Morgan fingerprint density at radius 3 is 1.10 bits per heavy atom. The summed E-state index contributed by atoms with van der Waals surface area (Å²) in [5, 5.41) is 32.1. The number of methoxy groups -OCH3 is 2. The fourth-order valence-electron chi connectivity index (χ4n) is 14.4. The number of nitrogens with one attached hydrogen (secondary N) is 10. The molecule has 20 aromatic rings. The molecule has 0 spiro atoms. The number of aryl methyl sites for hydroxylation is 7. The lowest BCUT2D eigenvalue weighted by molar-refractivity contribution is -0.137. The molecule has 10 N–H and O–H groups in total. The Hall–Kier alpha value is -17.2. The molecule has 10 heterocycles. The summed E-state index contributed by atoms with van der Waals surface area (Å²) in [4.78, 5) is 106. The van der Waals surface area contributed by atoms with E-state index in [-0.39, 0.29) is 57.4 Å². The molecule has 0 aliphatic carbocycles. The molecule has 0 aliphatic rings. The Kier molecular flexibility index (Phi) is 28.3. The van der Waals surface area contributed by atoms with E-state index < -0.39 is 11.7 Å². The van der Waals surface area contributed by atoms with Crippen molar-refractivity contribution in [2.45, 2.75) is 87.4 Å². The summed E-state index contributed by atoms with van der Waals surface area (Å²) in [5.41, 5.74) is 16.7. The molecule has 0 amide bonds. The highest BCUT2D eigenvalue weighted by Gasteiger charge is 2.31. The van der Waals surface area contributed by atoms with Crippen LogP contribution in [0.4, 0.5) is 46.0 Å². The van der Waals surface area contributed by atoms with Gasteiger partial charge in [-0.3, -0.25) is 49.5 Å². The van der Waals surface area contributed by atoms with Crippen molar-refractivity contribution in [1.29, 1.82) is 0 Å². The first-order valence-corrected chi connectivity index (χ1v) is 43.9. The van der Waals surface area contributed by atoms with E-state index >= 15 is 0 Å². The van der Waals surface area contributed by atoms with Gasteiger partial charge in [0.05, 0.1) is 86.7 Å². The summed E-state index contributed by atoms with van der Waals surface area (Å²) in [7, 11) is 3.23. The summed E-state index contributed by atoms with van der Waals surface area (Å²) < 4.78 is 68.7. The van der Waals surface area contributed by atoms with Crippen LogP contribution in [0.2, 0.25) is 10.0 Å². The van der Waals surface area contributed by atoms with Crippen LogP contribution in [0, 0.1) is 54.3 Å². The highest BCUT2D eigenvalue weighted by molar-refractivity contribution is 6.31. The third-order valence-corrected chi connectivity index (χ3v) is 22.4. The predicted octanol–water partition coefficient (Wildman–Crippen LogP) is 18.1. The van der Waals surface area contributed by atoms with Crippen LogP contribution < -0.4 is 63.9 Å². The Balaban J connectivity index is 0.000000125. The molecule has 10 aromatic heterocycles. The summed E-state index contributed by atoms with van der Waals surface area (Å²) in [6.07, 6.45) is -4.42. The number of halogens is 6. The zero-order chi connectivity index (χ0) is 97.0. The number of rotatable bonds is 22. The van der Waals surface area contributed by atoms with Crippen molar-refractivity contribution in [2.24, 2.45) is 0 Å². The number of H-pyrrole nitrogens is 5. The molecule has 698 valence electrons. The number of fused-ring (bicyclic) bond motifs is 5. The number of hydrogen-bond donors (Lipinski definition) is 10. The largest absolute Gasteiger partial charge is 0.497 e. The van der Waals surface area contributed by atoms with E-state index in [2.05, 4.69) is 108 Å². The average Bonchev–Trinajstić information content (AvgIpc) is 1.67. The first-order valence-electron chi connectivity index (χ1n) is 43.1. The standard InChI is InChI=1S/C21H18F3N5O.C20H18ClN5O2.C20H18ClN5O.C20H18FN5O.C19H17N5O2/c1-12-6-7-14(8-13(12)2)19-27-20-26-17(10-18(30)29(20)28-19)11-25-16-5-3-4-15(9-16)21(22,23)24;1-12-3-6-14(21)9-17(12)22-11-15-10-18(27)26-20(23-15)24-19(25-26)13-4-7-16(28-2)8-5-13;1-12-3-6-14(7-4-12)19-24-20-23-16(10-18(27)26(20)25-19)11-22-17-9-15(21)8-5-13(17)2;1-12-3-8-17(13(2)9-12)22-11-16-10-18(27)26-20(23-16)24-19(25-26)14-4-6-15(21)7-5-14;1-26-16-10-6-5-9-15(16)20-12-14-11-17(25)24-19(21-14)22-18(23-24)13-7-3-2-4-8-13/h3-10,25H,11H2,1-2H3,(H,26,27,28);3-10,22H,11H2,1-2H3,(H,23,24,25);2*3-10,22H,11H2,1-2H3,(H,23,24,25);2-11,20H,12H2,1H3,(H,21,22,23). The number of benzene rings is 10. The van der Waals surface area contributed by atoms with E-state index in [1.54, 1.807) is 26.4 Å². The molecule has 0 radical (unpaired) electrons. The Morgan fingerprint density at radius 1 is 0.312 bits per heavy atom. The van der Waals surface area contributed by atoms with Gasteiger partial charge in [-0.25, -0.2) is 29.3 Å². The molecule has 10 aromatic carbocycles. The van der Waals surface area contributed by atoms with Gasteiger partial charge in [-0.1, -0.05) is 144 Å². The number of ether oxygens (including phenoxy) is 2. The van der Waals surface area contributed by atoms with Crippen molar-refractivity contribution in [1.82, 2.24) is 97.9 Å². The number of alkyl halides is 3. The highest BCUT2D eigenvalue weighted by Crippen LogP contribution is 2.33. The van der Waals surface area contributed by atoms with Gasteiger partial charge in [0.1, 0.15) is 17.3 Å². The van der Waals surface area contributed by atoms with Gasteiger partial charge in [0, 0.05) is 90.9 Å². The summed E-state index contributed by atoms with van der Waals surface area (Å²) in [6, 6.07) is 73.8. The first-order chi connectivity index (χ1) is 66.5. The third kappa shape index (κ3) is 22.8. The first kappa shape index (κ1) is 94.1. The second-order valence-corrected chi connectivity index (χ2v) is 32.9. The average molecular weight is 1900 g/mol. The van der Waals surface area contributed by atoms with Crippen LogP contribution in [-0.4, -0.2) is 112 Å². The van der Waals surface area contributed by atoms with E-state index in [1.807, 2.05) is 218 Å². The zero-order valence-electron chi connectivity index (χ0n) is 75.6. The molecule has 0 saturated carbocycles. The van der Waals surface area contributed by atoms with Gasteiger partial charge in [-0.15, -0.1) is 0 Å². The lowest BCUT2D eigenvalue weighted by Gasteiger charge is -2.10.